The molecule has 3 rings (SSSR count). The molecule has 1 saturated carbocycles. The highest BCUT2D eigenvalue weighted by Crippen LogP contribution is 2.37. The number of nitrogens with zero attached hydrogens (tertiary/aromatic N) is 5. The Morgan fingerprint density at radius 1 is 1.24 bits per heavy atom. The third kappa shape index (κ3) is 7.11. The van der Waals surface area contributed by atoms with Gasteiger partial charge in [-0.25, -0.2) is 22.0 Å². The summed E-state index contributed by atoms with van der Waals surface area (Å²) in [5, 5.41) is 12.2. The fourth-order valence-electron chi connectivity index (χ4n) is 3.79. The molecule has 1 heterocycles. The zero-order chi connectivity index (χ0) is 27.6. The van der Waals surface area contributed by atoms with E-state index >= 15 is 0 Å². The molecule has 1 aliphatic rings. The lowest BCUT2D eigenvalue weighted by atomic mass is 9.87. The van der Waals surface area contributed by atoms with Crippen molar-refractivity contribution in [2.45, 2.75) is 69.4 Å². The van der Waals surface area contributed by atoms with Gasteiger partial charge in [-0.05, 0) is 62.9 Å². The second-order valence-corrected chi connectivity index (χ2v) is 11.6. The van der Waals surface area contributed by atoms with Gasteiger partial charge in [0.25, 0.3) is 10.0 Å². The third-order valence-electron chi connectivity index (χ3n) is 5.60. The average Bonchev–Trinajstić information content (AvgIpc) is 3.25. The average molecular weight is 545 g/mol. The molecule has 0 spiro atoms. The SMILES string of the molecule is COc1cc(-c2nnn(CC3CCC(F)(F)CC3)n2)ccc1S(=O)(=O)N(CC(N)=O)C(=O)OC(C)(C)C. The molecule has 12 nitrogen and oxygen atoms in total. The molecule has 0 unspecified atom stereocenters. The minimum atomic E-state index is -4.62. The number of amides is 2. The molecule has 2 amide bonds. The van der Waals surface area contributed by atoms with E-state index in [9.17, 15) is 26.8 Å². The van der Waals surface area contributed by atoms with Crippen molar-refractivity contribution in [1.82, 2.24) is 24.5 Å². The van der Waals surface area contributed by atoms with Crippen molar-refractivity contribution >= 4 is 22.0 Å². The number of ether oxygens (including phenoxy) is 2. The van der Waals surface area contributed by atoms with Crippen LogP contribution in [-0.4, -0.2) is 70.1 Å². The van der Waals surface area contributed by atoms with Crippen molar-refractivity contribution in [1.29, 1.82) is 0 Å². The van der Waals surface area contributed by atoms with Crippen molar-refractivity contribution in [3.8, 4) is 17.1 Å². The summed E-state index contributed by atoms with van der Waals surface area (Å²) in [5.74, 6) is -3.70. The Morgan fingerprint density at radius 2 is 1.89 bits per heavy atom. The zero-order valence-electron chi connectivity index (χ0n) is 21.0. The number of sulfonamides is 1. The number of halogens is 2. The molecule has 2 aromatic rings. The van der Waals surface area contributed by atoms with Gasteiger partial charge >= 0.3 is 6.09 Å². The number of rotatable bonds is 8. The quantitative estimate of drug-likeness (QED) is 0.527. The van der Waals surface area contributed by atoms with E-state index in [4.69, 9.17) is 15.2 Å². The highest BCUT2D eigenvalue weighted by Gasteiger charge is 2.37. The first-order valence-electron chi connectivity index (χ1n) is 11.5. The van der Waals surface area contributed by atoms with Crippen LogP contribution < -0.4 is 10.5 Å². The maximum atomic E-state index is 13.4. The van der Waals surface area contributed by atoms with Gasteiger partial charge in [0.15, 0.2) is 0 Å². The standard InChI is InChI=1S/C22H30F2N6O6S/c1-21(2,3)36-20(32)29(13-18(25)31)37(33,34)17-6-5-15(11-16(17)35-4)19-26-28-30(27-19)12-14-7-9-22(23,24)10-8-14/h5-6,11,14H,7-10,12-13H2,1-4H3,(H2,25,31). The lowest BCUT2D eigenvalue weighted by Gasteiger charge is -2.27. The summed E-state index contributed by atoms with van der Waals surface area (Å²) in [6, 6.07) is 3.90. The van der Waals surface area contributed by atoms with E-state index in [2.05, 4.69) is 15.4 Å². The van der Waals surface area contributed by atoms with E-state index in [-0.39, 0.29) is 34.6 Å². The lowest BCUT2D eigenvalue weighted by molar-refractivity contribution is -0.118. The van der Waals surface area contributed by atoms with E-state index < -0.39 is 45.0 Å². The largest absolute Gasteiger partial charge is 0.495 e. The fourth-order valence-corrected chi connectivity index (χ4v) is 5.19. The van der Waals surface area contributed by atoms with E-state index in [1.165, 1.54) is 30.1 Å². The zero-order valence-corrected chi connectivity index (χ0v) is 21.8. The summed E-state index contributed by atoms with van der Waals surface area (Å²) in [6.07, 6.45) is -0.930. The van der Waals surface area contributed by atoms with E-state index in [1.807, 2.05) is 0 Å². The maximum Gasteiger partial charge on any atom is 0.424 e. The van der Waals surface area contributed by atoms with Crippen LogP contribution in [0, 0.1) is 5.92 Å². The summed E-state index contributed by atoms with van der Waals surface area (Å²) >= 11 is 0. The monoisotopic (exact) mass is 544 g/mol. The summed E-state index contributed by atoms with van der Waals surface area (Å²) in [5.41, 5.74) is 4.50. The van der Waals surface area contributed by atoms with Crippen LogP contribution >= 0.6 is 0 Å². The summed E-state index contributed by atoms with van der Waals surface area (Å²) in [4.78, 5) is 25.1. The van der Waals surface area contributed by atoms with Gasteiger partial charge in [-0.1, -0.05) is 0 Å². The Balaban J connectivity index is 1.86. The number of tetrazole rings is 1. The molecular weight excluding hydrogens is 514 g/mol. The van der Waals surface area contributed by atoms with Crippen molar-refractivity contribution in [2.24, 2.45) is 11.7 Å². The number of primary amides is 1. The summed E-state index contributed by atoms with van der Waals surface area (Å²) in [6.45, 7) is 4.01. The number of nitrogens with two attached hydrogens (primary N) is 1. The number of methoxy groups -OCH3 is 1. The second-order valence-electron chi connectivity index (χ2n) is 9.79. The molecule has 37 heavy (non-hydrogen) atoms. The number of aromatic nitrogens is 4. The summed E-state index contributed by atoms with van der Waals surface area (Å²) < 4.78 is 64.1. The van der Waals surface area contributed by atoms with Crippen LogP contribution in [-0.2, 0) is 26.1 Å². The first-order valence-corrected chi connectivity index (χ1v) is 12.9. The minimum absolute atomic E-state index is 0.00665. The van der Waals surface area contributed by atoms with Crippen molar-refractivity contribution < 1.29 is 36.3 Å². The highest BCUT2D eigenvalue weighted by atomic mass is 32.2. The van der Waals surface area contributed by atoms with Crippen LogP contribution in [0.2, 0.25) is 0 Å². The molecule has 15 heteroatoms. The molecule has 204 valence electrons. The molecule has 2 N–H and O–H groups in total. The highest BCUT2D eigenvalue weighted by molar-refractivity contribution is 7.89. The number of alkyl halides is 2. The predicted molar refractivity (Wildman–Crippen MR) is 126 cm³/mol. The molecule has 1 aromatic carbocycles. The van der Waals surface area contributed by atoms with Gasteiger partial charge in [0.05, 0.1) is 13.7 Å². The Labute approximate surface area is 213 Å². The molecule has 1 fully saturated rings. The molecule has 0 atom stereocenters. The van der Waals surface area contributed by atoms with Gasteiger partial charge in [-0.2, -0.15) is 9.10 Å². The molecule has 1 aliphatic carbocycles. The van der Waals surface area contributed by atoms with E-state index in [0.29, 0.717) is 24.9 Å². The predicted octanol–water partition coefficient (Wildman–Crippen LogP) is 2.59. The van der Waals surface area contributed by atoms with Gasteiger partial charge in [0.1, 0.15) is 22.8 Å². The normalized spacial score (nSPS) is 16.3. The Morgan fingerprint density at radius 3 is 2.46 bits per heavy atom. The van der Waals surface area contributed by atoms with Gasteiger partial charge < -0.3 is 15.2 Å². The topological polar surface area (TPSA) is 160 Å². The molecule has 0 saturated heterocycles. The van der Waals surface area contributed by atoms with E-state index in [0.717, 1.165) is 0 Å². The van der Waals surface area contributed by atoms with Crippen molar-refractivity contribution in [2.75, 3.05) is 13.7 Å². The molecular formula is C22H30F2N6O6S. The van der Waals surface area contributed by atoms with Crippen LogP contribution in [0.5, 0.6) is 5.75 Å². The van der Waals surface area contributed by atoms with Crippen LogP contribution in [0.4, 0.5) is 13.6 Å². The molecule has 0 bridgehead atoms. The number of hydrogen-bond donors (Lipinski definition) is 1. The maximum absolute atomic E-state index is 13.4. The number of carbonyl (C=O) groups excluding carboxylic acids is 2. The number of hydrogen-bond acceptors (Lipinski definition) is 9. The Kier molecular flexibility index (Phi) is 8.05. The molecule has 0 aliphatic heterocycles. The first kappa shape index (κ1) is 28.2. The lowest BCUT2D eigenvalue weighted by Crippen LogP contribution is -2.45. The van der Waals surface area contributed by atoms with Crippen LogP contribution in [0.25, 0.3) is 11.4 Å². The third-order valence-corrected chi connectivity index (χ3v) is 7.35. The van der Waals surface area contributed by atoms with Gasteiger partial charge in [-0.3, -0.25) is 4.79 Å². The van der Waals surface area contributed by atoms with Crippen LogP contribution in [0.3, 0.4) is 0 Å². The summed E-state index contributed by atoms with van der Waals surface area (Å²) in [7, 11) is -3.39. The second kappa shape index (κ2) is 10.6. The number of carbonyl (C=O) groups is 2. The van der Waals surface area contributed by atoms with Crippen LogP contribution in [0.15, 0.2) is 23.1 Å². The minimum Gasteiger partial charge on any atom is -0.495 e. The fraction of sp³-hybridized carbons (Fsp3) is 0.591. The van der Waals surface area contributed by atoms with Gasteiger partial charge in [0, 0.05) is 18.4 Å². The molecule has 1 aromatic heterocycles. The van der Waals surface area contributed by atoms with Gasteiger partial charge in [0.2, 0.25) is 17.7 Å². The van der Waals surface area contributed by atoms with Crippen molar-refractivity contribution in [3.05, 3.63) is 18.2 Å². The first-order chi connectivity index (χ1) is 17.1. The Bertz CT molecular complexity index is 1250. The van der Waals surface area contributed by atoms with E-state index in [1.54, 1.807) is 20.8 Å². The molecule has 0 radical (unpaired) electrons. The van der Waals surface area contributed by atoms with Crippen molar-refractivity contribution in [3.63, 3.8) is 0 Å². The Hall–Kier alpha value is -3.36. The smallest absolute Gasteiger partial charge is 0.424 e. The number of benzene rings is 1. The van der Waals surface area contributed by atoms with Crippen LogP contribution in [0.1, 0.15) is 46.5 Å². The van der Waals surface area contributed by atoms with Gasteiger partial charge in [-0.15, -0.1) is 10.2 Å².